The van der Waals surface area contributed by atoms with Crippen molar-refractivity contribution >= 4 is 82.0 Å². The number of hydrogen-bond acceptors (Lipinski definition) is 8. The second-order valence-electron chi connectivity index (χ2n) is 5.37. The highest BCUT2D eigenvalue weighted by atomic mass is 35.5. The quantitative estimate of drug-likeness (QED) is 0.572. The maximum atomic E-state index is 12.6. The van der Waals surface area contributed by atoms with Gasteiger partial charge in [0.05, 0.1) is 34.6 Å². The number of rotatable bonds is 5. The van der Waals surface area contributed by atoms with Crippen LogP contribution in [0.5, 0.6) is 0 Å². The number of sulfonamides is 2. The highest BCUT2D eigenvalue weighted by Gasteiger charge is 2.29. The van der Waals surface area contributed by atoms with Crippen molar-refractivity contribution in [3.8, 4) is 0 Å². The van der Waals surface area contributed by atoms with Crippen LogP contribution in [-0.2, 0) is 20.0 Å². The average molecular weight is 468 g/mol. The summed E-state index contributed by atoms with van der Waals surface area (Å²) < 4.78 is 52.6. The minimum Gasteiger partial charge on any atom is -0.279 e. The second-order valence-corrected chi connectivity index (χ2v) is 10.6. The normalized spacial score (nSPS) is 12.3. The third kappa shape index (κ3) is 4.24. The zero-order chi connectivity index (χ0) is 20.0. The molecule has 0 saturated heterocycles. The fraction of sp³-hybridized carbons (Fsp3) is 0.154. The van der Waals surface area contributed by atoms with Gasteiger partial charge in [0.2, 0.25) is 25.3 Å². The van der Waals surface area contributed by atoms with E-state index >= 15 is 0 Å². The van der Waals surface area contributed by atoms with Gasteiger partial charge < -0.3 is 0 Å². The van der Waals surface area contributed by atoms with Crippen LogP contribution in [-0.4, -0.2) is 44.3 Å². The van der Waals surface area contributed by atoms with Crippen LogP contribution < -0.4 is 9.03 Å². The van der Waals surface area contributed by atoms with E-state index in [-0.39, 0.29) is 33.0 Å². The highest BCUT2D eigenvalue weighted by molar-refractivity contribution is 7.92. The number of thiazole rings is 1. The predicted octanol–water partition coefficient (Wildman–Crippen LogP) is 2.86. The second kappa shape index (κ2) is 7.02. The van der Waals surface area contributed by atoms with Gasteiger partial charge in [-0.1, -0.05) is 11.6 Å². The molecule has 0 saturated carbocycles. The first-order chi connectivity index (χ1) is 12.5. The van der Waals surface area contributed by atoms with Crippen molar-refractivity contribution in [2.75, 3.05) is 21.5 Å². The topological polar surface area (TPSA) is 122 Å². The zero-order valence-corrected chi connectivity index (χ0v) is 17.7. The molecule has 144 valence electrons. The van der Waals surface area contributed by atoms with Crippen molar-refractivity contribution < 1.29 is 16.8 Å². The largest absolute Gasteiger partial charge is 0.279 e. The summed E-state index contributed by atoms with van der Waals surface area (Å²) in [5.74, 6) is -0.217. The lowest BCUT2D eigenvalue weighted by Gasteiger charge is -2.24. The molecule has 0 atom stereocenters. The molecule has 0 spiro atoms. The van der Waals surface area contributed by atoms with Crippen molar-refractivity contribution in [3.05, 3.63) is 34.1 Å². The lowest BCUT2D eigenvalue weighted by atomic mass is 10.2. The summed E-state index contributed by atoms with van der Waals surface area (Å²) in [6.07, 6.45) is 3.02. The predicted molar refractivity (Wildman–Crippen MR) is 107 cm³/mol. The smallest absolute Gasteiger partial charge is 0.237 e. The molecule has 1 N–H and O–H groups in total. The number of aromatic nitrogens is 3. The van der Waals surface area contributed by atoms with Crippen LogP contribution in [0.4, 0.5) is 17.2 Å². The Hall–Kier alpha value is -1.73. The van der Waals surface area contributed by atoms with Gasteiger partial charge in [-0.05, 0) is 23.7 Å². The maximum Gasteiger partial charge on any atom is 0.237 e. The Morgan fingerprint density at radius 1 is 1.11 bits per heavy atom. The zero-order valence-electron chi connectivity index (χ0n) is 13.7. The summed E-state index contributed by atoms with van der Waals surface area (Å²) >= 11 is 13.2. The first-order valence-corrected chi connectivity index (χ1v) is 12.4. The number of hydrogen-bond donors (Lipinski definition) is 1. The monoisotopic (exact) mass is 467 g/mol. The third-order valence-corrected chi connectivity index (χ3v) is 6.06. The minimum absolute atomic E-state index is 0.0209. The summed E-state index contributed by atoms with van der Waals surface area (Å²) in [5.41, 5.74) is 1.75. The van der Waals surface area contributed by atoms with E-state index in [1.54, 1.807) is 6.07 Å². The molecule has 0 fully saturated rings. The molecular weight excluding hydrogens is 457 g/mol. The van der Waals surface area contributed by atoms with Gasteiger partial charge >= 0.3 is 0 Å². The van der Waals surface area contributed by atoms with Gasteiger partial charge in [-0.15, -0.1) is 11.3 Å². The Morgan fingerprint density at radius 3 is 2.44 bits per heavy atom. The van der Waals surface area contributed by atoms with E-state index in [1.165, 1.54) is 22.9 Å². The van der Waals surface area contributed by atoms with Gasteiger partial charge in [0.25, 0.3) is 0 Å². The Bertz CT molecular complexity index is 1240. The molecule has 9 nitrogen and oxygen atoms in total. The fourth-order valence-electron chi connectivity index (χ4n) is 2.31. The van der Waals surface area contributed by atoms with E-state index in [0.29, 0.717) is 4.70 Å². The summed E-state index contributed by atoms with van der Waals surface area (Å²) in [6, 6.07) is 3.05. The molecule has 14 heteroatoms. The van der Waals surface area contributed by atoms with Gasteiger partial charge in [0.1, 0.15) is 16.2 Å². The van der Waals surface area contributed by atoms with Gasteiger partial charge in [0, 0.05) is 0 Å². The van der Waals surface area contributed by atoms with E-state index in [0.717, 1.165) is 23.0 Å². The van der Waals surface area contributed by atoms with E-state index in [4.69, 9.17) is 23.2 Å². The number of fused-ring (bicyclic) bond motifs is 1. The van der Waals surface area contributed by atoms with Crippen LogP contribution >= 0.6 is 34.5 Å². The van der Waals surface area contributed by atoms with Crippen LogP contribution in [0.25, 0.3) is 10.2 Å². The van der Waals surface area contributed by atoms with Gasteiger partial charge in [0.15, 0.2) is 5.82 Å². The molecule has 0 aliphatic carbocycles. The molecule has 0 unspecified atom stereocenters. The molecule has 0 radical (unpaired) electrons. The van der Waals surface area contributed by atoms with Crippen molar-refractivity contribution in [2.45, 2.75) is 0 Å². The van der Waals surface area contributed by atoms with Crippen LogP contribution in [0.15, 0.2) is 23.8 Å². The fourth-order valence-corrected chi connectivity index (χ4v) is 4.88. The number of benzene rings is 1. The van der Waals surface area contributed by atoms with Gasteiger partial charge in [-0.25, -0.2) is 31.1 Å². The lowest BCUT2D eigenvalue weighted by Crippen LogP contribution is -2.27. The van der Waals surface area contributed by atoms with Crippen LogP contribution in [0, 0.1) is 0 Å². The van der Waals surface area contributed by atoms with Crippen molar-refractivity contribution in [2.24, 2.45) is 0 Å². The average Bonchev–Trinajstić information content (AvgIpc) is 2.99. The summed E-state index contributed by atoms with van der Waals surface area (Å²) in [4.78, 5) is 11.7. The van der Waals surface area contributed by atoms with E-state index in [2.05, 4.69) is 19.7 Å². The van der Waals surface area contributed by atoms with E-state index in [1.807, 2.05) is 0 Å². The highest BCUT2D eigenvalue weighted by Crippen LogP contribution is 2.41. The molecule has 3 rings (SSSR count). The molecule has 0 aliphatic rings. The van der Waals surface area contributed by atoms with Crippen LogP contribution in [0.2, 0.25) is 10.3 Å². The van der Waals surface area contributed by atoms with Crippen LogP contribution in [0.3, 0.4) is 0 Å². The van der Waals surface area contributed by atoms with Gasteiger partial charge in [-0.2, -0.15) is 4.98 Å². The molecule has 2 aromatic heterocycles. The molecule has 0 amide bonds. The lowest BCUT2D eigenvalue weighted by molar-refractivity contribution is 0.600. The summed E-state index contributed by atoms with van der Waals surface area (Å²) in [6.45, 7) is 0. The SMILES string of the molecule is CS(=O)(=O)Nc1c(N(c2nc(Cl)ncc2Cl)S(C)(=O)=O)ccc2scnc12. The minimum atomic E-state index is -4.00. The molecular formula is C13H11Cl2N5O4S3. The Labute approximate surface area is 169 Å². The standard InChI is InChI=1S/C13H11Cl2N5O4S3/c1-26(21,22)19-10-8(3-4-9-11(10)17-6-25-9)20(27(2,23)24)12-7(14)5-16-13(15)18-12/h3-6,19H,1-2H3. The first kappa shape index (κ1) is 20.0. The molecule has 2 heterocycles. The molecule has 3 aromatic rings. The van der Waals surface area contributed by atoms with Crippen molar-refractivity contribution in [3.63, 3.8) is 0 Å². The van der Waals surface area contributed by atoms with Crippen LogP contribution in [0.1, 0.15) is 0 Å². The van der Waals surface area contributed by atoms with Crippen molar-refractivity contribution in [1.82, 2.24) is 15.0 Å². The number of halogens is 2. The molecule has 0 aliphatic heterocycles. The van der Waals surface area contributed by atoms with Gasteiger partial charge in [-0.3, -0.25) is 4.72 Å². The molecule has 27 heavy (non-hydrogen) atoms. The molecule has 0 bridgehead atoms. The third-order valence-electron chi connectivity index (χ3n) is 3.21. The number of nitrogens with zero attached hydrogens (tertiary/aromatic N) is 4. The van der Waals surface area contributed by atoms with Crippen molar-refractivity contribution in [1.29, 1.82) is 0 Å². The number of anilines is 3. The summed E-state index contributed by atoms with van der Waals surface area (Å²) in [7, 11) is -7.75. The Balaban J connectivity index is 2.38. The Morgan fingerprint density at radius 2 is 1.81 bits per heavy atom. The maximum absolute atomic E-state index is 12.6. The van der Waals surface area contributed by atoms with E-state index < -0.39 is 20.0 Å². The Kier molecular flexibility index (Phi) is 5.20. The molecule has 1 aromatic carbocycles. The number of nitrogens with one attached hydrogen (secondary N) is 1. The first-order valence-electron chi connectivity index (χ1n) is 7.00. The summed E-state index contributed by atoms with van der Waals surface area (Å²) in [5, 5.41) is -0.316. The van der Waals surface area contributed by atoms with E-state index in [9.17, 15) is 16.8 Å².